The van der Waals surface area contributed by atoms with Crippen LogP contribution >= 0.6 is 23.2 Å². The van der Waals surface area contributed by atoms with Crippen LogP contribution in [-0.4, -0.2) is 71.5 Å². The Morgan fingerprint density at radius 1 is 1.11 bits per heavy atom. The molecule has 4 heterocycles. The van der Waals surface area contributed by atoms with Crippen molar-refractivity contribution in [1.82, 2.24) is 19.8 Å². The number of carbonyl (C=O) groups excluding carboxylic acids is 1. The lowest BCUT2D eigenvalue weighted by atomic mass is 9.81. The fourth-order valence-electron chi connectivity index (χ4n) is 5.72. The largest absolute Gasteiger partial charge is 0.363 e. The third-order valence-corrected chi connectivity index (χ3v) is 8.56. The molecular weight excluding hydrogens is 495 g/mol. The van der Waals surface area contributed by atoms with Crippen molar-refractivity contribution >= 4 is 40.9 Å². The SMILES string of the molecule is Cc1cnc(N2CC([C@H]3CCCN(CCN4CCCC4=O)C3)C2)nc1N[C@H](C)c1ccc(Cl)cc1Cl. The maximum Gasteiger partial charge on any atom is 0.227 e. The highest BCUT2D eigenvalue weighted by Gasteiger charge is 2.37. The van der Waals surface area contributed by atoms with E-state index in [0.29, 0.717) is 27.8 Å². The molecule has 3 saturated heterocycles. The summed E-state index contributed by atoms with van der Waals surface area (Å²) in [6.07, 6.45) is 6.18. The molecule has 0 aliphatic carbocycles. The van der Waals surface area contributed by atoms with E-state index < -0.39 is 0 Å². The predicted molar refractivity (Wildman–Crippen MR) is 146 cm³/mol. The Labute approximate surface area is 224 Å². The molecule has 0 saturated carbocycles. The van der Waals surface area contributed by atoms with Crippen LogP contribution in [0.1, 0.15) is 49.8 Å². The molecule has 36 heavy (non-hydrogen) atoms. The van der Waals surface area contributed by atoms with Crippen molar-refractivity contribution in [2.75, 3.05) is 56.0 Å². The highest BCUT2D eigenvalue weighted by molar-refractivity contribution is 6.35. The van der Waals surface area contributed by atoms with Gasteiger partial charge in [-0.05, 0) is 69.2 Å². The van der Waals surface area contributed by atoms with Crippen molar-refractivity contribution in [1.29, 1.82) is 0 Å². The van der Waals surface area contributed by atoms with E-state index in [1.54, 1.807) is 6.07 Å². The van der Waals surface area contributed by atoms with Crippen molar-refractivity contribution in [3.8, 4) is 0 Å². The molecule has 2 atom stereocenters. The van der Waals surface area contributed by atoms with Gasteiger partial charge in [-0.3, -0.25) is 4.79 Å². The van der Waals surface area contributed by atoms with Gasteiger partial charge in [-0.25, -0.2) is 4.98 Å². The van der Waals surface area contributed by atoms with Gasteiger partial charge in [-0.2, -0.15) is 4.98 Å². The number of aryl methyl sites for hydroxylation is 1. The van der Waals surface area contributed by atoms with Crippen LogP contribution in [0.25, 0.3) is 0 Å². The summed E-state index contributed by atoms with van der Waals surface area (Å²) in [5.41, 5.74) is 1.99. The second-order valence-corrected chi connectivity index (χ2v) is 11.4. The molecule has 3 fully saturated rings. The van der Waals surface area contributed by atoms with Crippen LogP contribution in [0.15, 0.2) is 24.4 Å². The fraction of sp³-hybridized carbons (Fsp3) is 0.593. The molecule has 1 amide bonds. The van der Waals surface area contributed by atoms with Gasteiger partial charge in [0.2, 0.25) is 11.9 Å². The summed E-state index contributed by atoms with van der Waals surface area (Å²) in [6.45, 7) is 11.2. The number of piperidine rings is 1. The summed E-state index contributed by atoms with van der Waals surface area (Å²) in [5, 5.41) is 4.79. The number of likely N-dealkylation sites (tertiary alicyclic amines) is 2. The number of halogens is 2. The van der Waals surface area contributed by atoms with E-state index in [1.165, 1.54) is 12.8 Å². The van der Waals surface area contributed by atoms with Gasteiger partial charge < -0.3 is 20.0 Å². The molecule has 0 unspecified atom stereocenters. The van der Waals surface area contributed by atoms with Crippen molar-refractivity contribution in [2.45, 2.75) is 45.6 Å². The van der Waals surface area contributed by atoms with Crippen LogP contribution in [0, 0.1) is 18.8 Å². The number of nitrogens with one attached hydrogen (secondary N) is 1. The number of benzene rings is 1. The second-order valence-electron chi connectivity index (χ2n) is 10.6. The maximum absolute atomic E-state index is 11.9. The Morgan fingerprint density at radius 2 is 1.94 bits per heavy atom. The molecular formula is C27H36Cl2N6O. The molecule has 5 rings (SSSR count). The topological polar surface area (TPSA) is 64.6 Å². The van der Waals surface area contributed by atoms with Crippen molar-refractivity contribution < 1.29 is 4.79 Å². The molecule has 1 aromatic heterocycles. The molecule has 3 aliphatic rings. The van der Waals surface area contributed by atoms with Gasteiger partial charge in [0.25, 0.3) is 0 Å². The first kappa shape index (κ1) is 25.6. The number of hydrogen-bond acceptors (Lipinski definition) is 6. The monoisotopic (exact) mass is 530 g/mol. The molecule has 2 aromatic rings. The molecule has 9 heteroatoms. The number of carbonyl (C=O) groups is 1. The maximum atomic E-state index is 11.9. The Balaban J connectivity index is 1.15. The van der Waals surface area contributed by atoms with Crippen LogP contribution in [-0.2, 0) is 4.79 Å². The highest BCUT2D eigenvalue weighted by atomic mass is 35.5. The van der Waals surface area contributed by atoms with Gasteiger partial charge in [0, 0.05) is 67.5 Å². The van der Waals surface area contributed by atoms with Crippen LogP contribution < -0.4 is 10.2 Å². The first-order valence-corrected chi connectivity index (χ1v) is 13.9. The summed E-state index contributed by atoms with van der Waals surface area (Å²) in [5.74, 6) is 3.33. The lowest BCUT2D eigenvalue weighted by Gasteiger charge is -2.46. The first-order valence-electron chi connectivity index (χ1n) is 13.2. The number of nitrogens with zero attached hydrogens (tertiary/aromatic N) is 5. The lowest BCUT2D eigenvalue weighted by Crippen LogP contribution is -2.54. The average Bonchev–Trinajstić information content (AvgIpc) is 3.23. The number of aromatic nitrogens is 2. The Bertz CT molecular complexity index is 1090. The van der Waals surface area contributed by atoms with E-state index in [-0.39, 0.29) is 6.04 Å². The first-order chi connectivity index (χ1) is 17.4. The Hall–Kier alpha value is -2.09. The molecule has 1 aromatic carbocycles. The summed E-state index contributed by atoms with van der Waals surface area (Å²) in [6, 6.07) is 5.57. The molecule has 0 radical (unpaired) electrons. The summed E-state index contributed by atoms with van der Waals surface area (Å²) < 4.78 is 0. The fourth-order valence-corrected chi connectivity index (χ4v) is 6.29. The molecule has 0 spiro atoms. The third kappa shape index (κ3) is 5.74. The average molecular weight is 532 g/mol. The van der Waals surface area contributed by atoms with E-state index in [0.717, 1.165) is 81.5 Å². The highest BCUT2D eigenvalue weighted by Crippen LogP contribution is 2.34. The minimum Gasteiger partial charge on any atom is -0.363 e. The van der Waals surface area contributed by atoms with Crippen molar-refractivity contribution in [3.05, 3.63) is 45.6 Å². The summed E-state index contributed by atoms with van der Waals surface area (Å²) >= 11 is 12.5. The van der Waals surface area contributed by atoms with Gasteiger partial charge in [-0.1, -0.05) is 29.3 Å². The van der Waals surface area contributed by atoms with E-state index in [1.807, 2.05) is 30.2 Å². The van der Waals surface area contributed by atoms with Crippen LogP contribution in [0.3, 0.4) is 0 Å². The van der Waals surface area contributed by atoms with Gasteiger partial charge >= 0.3 is 0 Å². The van der Waals surface area contributed by atoms with Gasteiger partial charge in [0.05, 0.1) is 6.04 Å². The standard InChI is InChI=1S/C27H36Cl2N6O/c1-18-14-30-27(32-26(18)31-19(2)23-8-7-22(28)13-24(23)29)35-16-21(17-35)20-5-3-9-33(15-20)11-12-34-10-4-6-25(34)36/h7-8,13-14,19-21H,3-6,9-12,15-17H2,1-2H3,(H,30,31,32)/t19-,20+/m1/s1. The number of anilines is 2. The lowest BCUT2D eigenvalue weighted by molar-refractivity contribution is -0.127. The van der Waals surface area contributed by atoms with Crippen molar-refractivity contribution in [2.24, 2.45) is 11.8 Å². The van der Waals surface area contributed by atoms with Gasteiger partial charge in [0.1, 0.15) is 5.82 Å². The molecule has 3 aliphatic heterocycles. The number of hydrogen-bond donors (Lipinski definition) is 1. The normalized spacial score (nSPS) is 22.1. The number of amides is 1. The Kier molecular flexibility index (Phi) is 7.89. The second kappa shape index (κ2) is 11.1. The third-order valence-electron chi connectivity index (χ3n) is 8.00. The molecule has 7 nitrogen and oxygen atoms in total. The van der Waals surface area contributed by atoms with E-state index >= 15 is 0 Å². The Morgan fingerprint density at radius 3 is 2.69 bits per heavy atom. The van der Waals surface area contributed by atoms with E-state index in [9.17, 15) is 4.79 Å². The molecule has 0 bridgehead atoms. The van der Waals surface area contributed by atoms with E-state index in [4.69, 9.17) is 28.2 Å². The molecule has 194 valence electrons. The van der Waals surface area contributed by atoms with Crippen LogP contribution in [0.2, 0.25) is 10.0 Å². The van der Waals surface area contributed by atoms with Crippen LogP contribution in [0.4, 0.5) is 11.8 Å². The quantitative estimate of drug-likeness (QED) is 0.515. The smallest absolute Gasteiger partial charge is 0.227 e. The van der Waals surface area contributed by atoms with Gasteiger partial charge in [0.15, 0.2) is 0 Å². The zero-order valence-electron chi connectivity index (χ0n) is 21.2. The minimum atomic E-state index is -0.00979. The van der Waals surface area contributed by atoms with E-state index in [2.05, 4.69) is 27.0 Å². The molecule has 1 N–H and O–H groups in total. The summed E-state index contributed by atoms with van der Waals surface area (Å²) in [7, 11) is 0. The zero-order chi connectivity index (χ0) is 25.2. The minimum absolute atomic E-state index is 0.00979. The van der Waals surface area contributed by atoms with Crippen LogP contribution in [0.5, 0.6) is 0 Å². The number of rotatable bonds is 8. The van der Waals surface area contributed by atoms with Gasteiger partial charge in [-0.15, -0.1) is 0 Å². The van der Waals surface area contributed by atoms with Crippen molar-refractivity contribution in [3.63, 3.8) is 0 Å². The summed E-state index contributed by atoms with van der Waals surface area (Å²) in [4.78, 5) is 28.3. The predicted octanol–water partition coefficient (Wildman–Crippen LogP) is 5.04. The zero-order valence-corrected chi connectivity index (χ0v) is 22.7.